The zero-order valence-corrected chi connectivity index (χ0v) is 15.7. The number of carbonyl (C=O) groups is 1. The number of rotatable bonds is 5. The van der Waals surface area contributed by atoms with Crippen molar-refractivity contribution >= 4 is 27.5 Å². The Hall–Kier alpha value is -2.21. The Bertz CT molecular complexity index is 895. The highest BCUT2D eigenvalue weighted by Crippen LogP contribution is 2.29. The molecular weight excluding hydrogens is 337 g/mol. The molecule has 1 aromatic carbocycles. The summed E-state index contributed by atoms with van der Waals surface area (Å²) < 4.78 is 15.0. The molecule has 4 nitrogen and oxygen atoms in total. The van der Waals surface area contributed by atoms with Gasteiger partial charge in [-0.15, -0.1) is 11.3 Å². The molecule has 6 heteroatoms. The molecule has 0 saturated carbocycles. The zero-order valence-electron chi connectivity index (χ0n) is 14.8. The summed E-state index contributed by atoms with van der Waals surface area (Å²) in [6.07, 6.45) is 0. The van der Waals surface area contributed by atoms with Crippen LogP contribution in [0.1, 0.15) is 47.7 Å². The Morgan fingerprint density at radius 2 is 1.96 bits per heavy atom. The van der Waals surface area contributed by atoms with Crippen LogP contribution in [0.25, 0.3) is 10.2 Å². The van der Waals surface area contributed by atoms with Crippen LogP contribution in [0.5, 0.6) is 0 Å². The van der Waals surface area contributed by atoms with Gasteiger partial charge >= 0.3 is 0 Å². The van der Waals surface area contributed by atoms with E-state index in [2.05, 4.69) is 24.3 Å². The molecule has 2 aromatic heterocycles. The molecule has 0 saturated heterocycles. The van der Waals surface area contributed by atoms with E-state index in [4.69, 9.17) is 0 Å². The van der Waals surface area contributed by atoms with Crippen LogP contribution in [-0.2, 0) is 6.54 Å². The first-order valence-electron chi connectivity index (χ1n) is 8.38. The Kier molecular flexibility index (Phi) is 4.90. The van der Waals surface area contributed by atoms with Crippen LogP contribution in [0.15, 0.2) is 30.3 Å². The average Bonchev–Trinajstić information content (AvgIpc) is 3.09. The molecule has 0 unspecified atom stereocenters. The lowest BCUT2D eigenvalue weighted by atomic mass is 10.1. The fourth-order valence-electron chi connectivity index (χ4n) is 2.80. The number of carbonyl (C=O) groups excluding carboxylic acids is 1. The largest absolute Gasteiger partial charge is 0.345 e. The van der Waals surface area contributed by atoms with Crippen molar-refractivity contribution in [2.75, 3.05) is 0 Å². The minimum atomic E-state index is -0.281. The van der Waals surface area contributed by atoms with E-state index < -0.39 is 0 Å². The van der Waals surface area contributed by atoms with Crippen molar-refractivity contribution in [3.8, 4) is 0 Å². The van der Waals surface area contributed by atoms with Crippen molar-refractivity contribution in [1.82, 2.24) is 15.1 Å². The van der Waals surface area contributed by atoms with Crippen LogP contribution in [0.3, 0.4) is 0 Å². The third-order valence-corrected chi connectivity index (χ3v) is 5.23. The number of fused-ring (bicyclic) bond motifs is 1. The first-order chi connectivity index (χ1) is 11.8. The highest BCUT2D eigenvalue weighted by molar-refractivity contribution is 7.20. The van der Waals surface area contributed by atoms with E-state index in [0.29, 0.717) is 10.8 Å². The Labute approximate surface area is 150 Å². The molecule has 0 aliphatic carbocycles. The SMILES string of the molecule is Cc1nn(CC(C)C)c2sc(C(=O)N[C@H](C)c3ccc(F)cc3)cc12. The summed E-state index contributed by atoms with van der Waals surface area (Å²) in [5.74, 6) is 0.0888. The second-order valence-corrected chi connectivity index (χ2v) is 7.77. The van der Waals surface area contributed by atoms with E-state index in [1.165, 1.54) is 23.5 Å². The number of aryl methyl sites for hydroxylation is 1. The van der Waals surface area contributed by atoms with Gasteiger partial charge in [0, 0.05) is 11.9 Å². The number of thiophene rings is 1. The number of hydrogen-bond acceptors (Lipinski definition) is 3. The van der Waals surface area contributed by atoms with E-state index in [-0.39, 0.29) is 17.8 Å². The van der Waals surface area contributed by atoms with Crippen LogP contribution in [-0.4, -0.2) is 15.7 Å². The maximum Gasteiger partial charge on any atom is 0.261 e. The van der Waals surface area contributed by atoms with E-state index >= 15 is 0 Å². The summed E-state index contributed by atoms with van der Waals surface area (Å²) in [6.45, 7) is 8.99. The van der Waals surface area contributed by atoms with Gasteiger partial charge in [0.25, 0.3) is 5.91 Å². The number of halogens is 1. The lowest BCUT2D eigenvalue weighted by molar-refractivity contribution is 0.0944. The Morgan fingerprint density at radius 3 is 2.60 bits per heavy atom. The Balaban J connectivity index is 1.81. The van der Waals surface area contributed by atoms with Crippen molar-refractivity contribution in [1.29, 1.82) is 0 Å². The van der Waals surface area contributed by atoms with Gasteiger partial charge in [0.2, 0.25) is 0 Å². The molecule has 0 bridgehead atoms. The topological polar surface area (TPSA) is 46.9 Å². The summed E-state index contributed by atoms with van der Waals surface area (Å²) in [6, 6.07) is 7.91. The maximum atomic E-state index is 13.0. The van der Waals surface area contributed by atoms with Gasteiger partial charge in [0.1, 0.15) is 10.6 Å². The highest BCUT2D eigenvalue weighted by Gasteiger charge is 2.18. The third-order valence-electron chi connectivity index (χ3n) is 4.09. The fraction of sp³-hybridized carbons (Fsp3) is 0.368. The fourth-order valence-corrected chi connectivity index (χ4v) is 3.87. The summed E-state index contributed by atoms with van der Waals surface area (Å²) in [5, 5.41) is 8.58. The molecule has 1 atom stereocenters. The third kappa shape index (κ3) is 3.74. The number of benzene rings is 1. The van der Waals surface area contributed by atoms with Gasteiger partial charge < -0.3 is 5.32 Å². The van der Waals surface area contributed by atoms with Crippen molar-refractivity contribution in [3.05, 3.63) is 52.3 Å². The molecule has 0 spiro atoms. The summed E-state index contributed by atoms with van der Waals surface area (Å²) in [4.78, 5) is 14.3. The number of nitrogens with zero attached hydrogens (tertiary/aromatic N) is 2. The van der Waals surface area contributed by atoms with Crippen LogP contribution in [0.4, 0.5) is 4.39 Å². The van der Waals surface area contributed by atoms with E-state index in [0.717, 1.165) is 28.0 Å². The molecule has 0 fully saturated rings. The predicted molar refractivity (Wildman–Crippen MR) is 99.5 cm³/mol. The minimum Gasteiger partial charge on any atom is -0.345 e. The van der Waals surface area contributed by atoms with Gasteiger partial charge in [-0.05, 0) is 43.5 Å². The van der Waals surface area contributed by atoms with Gasteiger partial charge in [0.05, 0.1) is 16.6 Å². The number of amides is 1. The molecule has 3 rings (SSSR count). The highest BCUT2D eigenvalue weighted by atomic mass is 32.1. The number of aromatic nitrogens is 2. The molecule has 3 aromatic rings. The van der Waals surface area contributed by atoms with Crippen LogP contribution in [0, 0.1) is 18.7 Å². The molecule has 2 heterocycles. The lowest BCUT2D eigenvalue weighted by Gasteiger charge is -2.13. The molecule has 25 heavy (non-hydrogen) atoms. The zero-order chi connectivity index (χ0) is 18.1. The quantitative estimate of drug-likeness (QED) is 0.718. The van der Waals surface area contributed by atoms with Crippen LogP contribution >= 0.6 is 11.3 Å². The monoisotopic (exact) mass is 359 g/mol. The van der Waals surface area contributed by atoms with E-state index in [1.807, 2.05) is 24.6 Å². The normalized spacial score (nSPS) is 12.7. The standard InChI is InChI=1S/C19H22FN3OS/c1-11(2)10-23-19-16(13(4)22-23)9-17(25-19)18(24)21-12(3)14-5-7-15(20)8-6-14/h5-9,11-12H,10H2,1-4H3,(H,21,24)/t12-/m1/s1. The van der Waals surface area contributed by atoms with E-state index in [1.54, 1.807) is 12.1 Å². The molecular formula is C19H22FN3OS. The molecule has 132 valence electrons. The van der Waals surface area contributed by atoms with Gasteiger partial charge in [-0.3, -0.25) is 9.48 Å². The van der Waals surface area contributed by atoms with E-state index in [9.17, 15) is 9.18 Å². The second kappa shape index (κ2) is 6.96. The average molecular weight is 359 g/mol. The van der Waals surface area contributed by atoms with Crippen molar-refractivity contribution in [2.45, 2.75) is 40.3 Å². The summed E-state index contributed by atoms with van der Waals surface area (Å²) in [5.41, 5.74) is 1.82. The van der Waals surface area contributed by atoms with Gasteiger partial charge in [-0.2, -0.15) is 5.10 Å². The van der Waals surface area contributed by atoms with Crippen molar-refractivity contribution < 1.29 is 9.18 Å². The van der Waals surface area contributed by atoms with Crippen molar-refractivity contribution in [2.24, 2.45) is 5.92 Å². The molecule has 0 aliphatic rings. The van der Waals surface area contributed by atoms with Gasteiger partial charge in [-0.25, -0.2) is 4.39 Å². The van der Waals surface area contributed by atoms with Crippen LogP contribution in [0.2, 0.25) is 0 Å². The lowest BCUT2D eigenvalue weighted by Crippen LogP contribution is -2.25. The molecule has 0 radical (unpaired) electrons. The predicted octanol–water partition coefficient (Wildman–Crippen LogP) is 4.69. The first-order valence-corrected chi connectivity index (χ1v) is 9.20. The summed E-state index contributed by atoms with van der Waals surface area (Å²) >= 11 is 1.46. The van der Waals surface area contributed by atoms with Gasteiger partial charge in [0.15, 0.2) is 0 Å². The molecule has 1 amide bonds. The smallest absolute Gasteiger partial charge is 0.261 e. The van der Waals surface area contributed by atoms with Crippen molar-refractivity contribution in [3.63, 3.8) is 0 Å². The minimum absolute atomic E-state index is 0.117. The number of hydrogen-bond donors (Lipinski definition) is 1. The first kappa shape index (κ1) is 17.6. The Morgan fingerprint density at radius 1 is 1.28 bits per heavy atom. The molecule has 1 N–H and O–H groups in total. The van der Waals surface area contributed by atoms with Gasteiger partial charge in [-0.1, -0.05) is 26.0 Å². The molecule has 0 aliphatic heterocycles. The maximum absolute atomic E-state index is 13.0. The van der Waals surface area contributed by atoms with Crippen LogP contribution < -0.4 is 5.32 Å². The number of nitrogens with one attached hydrogen (secondary N) is 1. The summed E-state index contributed by atoms with van der Waals surface area (Å²) in [7, 11) is 0. The second-order valence-electron chi connectivity index (χ2n) is 6.74.